The highest BCUT2D eigenvalue weighted by Crippen LogP contribution is 2.31. The Morgan fingerprint density at radius 3 is 1.80 bits per heavy atom. The van der Waals surface area contributed by atoms with Crippen molar-refractivity contribution in [2.75, 3.05) is 32.1 Å². The third kappa shape index (κ3) is 13.9. The van der Waals surface area contributed by atoms with Crippen LogP contribution in [0.3, 0.4) is 0 Å². The lowest BCUT2D eigenvalue weighted by Gasteiger charge is -2.44. The third-order valence-corrected chi connectivity index (χ3v) is 7.91. The lowest BCUT2D eigenvalue weighted by Crippen LogP contribution is -2.63. The van der Waals surface area contributed by atoms with Gasteiger partial charge in [-0.2, -0.15) is 0 Å². The molecule has 0 aromatic heterocycles. The maximum absolute atomic E-state index is 13.8. The van der Waals surface area contributed by atoms with Gasteiger partial charge in [0.15, 0.2) is 24.6 Å². The van der Waals surface area contributed by atoms with Gasteiger partial charge in [-0.15, -0.1) is 13.2 Å². The van der Waals surface area contributed by atoms with Gasteiger partial charge >= 0.3 is 18.0 Å². The molecule has 4 N–H and O–H groups in total. The number of unbranched alkanes of at least 4 members (excludes halogenated alkanes) is 2. The molecule has 0 unspecified atom stereocenters. The van der Waals surface area contributed by atoms with E-state index in [2.05, 4.69) is 29.1 Å². The van der Waals surface area contributed by atoms with Gasteiger partial charge < -0.3 is 39.4 Å². The van der Waals surface area contributed by atoms with Crippen molar-refractivity contribution in [2.24, 2.45) is 11.8 Å². The summed E-state index contributed by atoms with van der Waals surface area (Å²) >= 11 is 0. The van der Waals surface area contributed by atoms with Gasteiger partial charge in [-0.25, -0.2) is 4.79 Å². The number of carbonyl (C=O) groups excluding carboxylic acids is 5. The number of aliphatic hydroxyl groups is 1. The third-order valence-electron chi connectivity index (χ3n) is 7.91. The molecule has 1 aliphatic heterocycles. The first-order valence-electron chi connectivity index (χ1n) is 17.1. The van der Waals surface area contributed by atoms with Crippen molar-refractivity contribution in [3.63, 3.8) is 0 Å². The smallest absolute Gasteiger partial charge is 0.412 e. The van der Waals surface area contributed by atoms with E-state index in [0.717, 1.165) is 25.7 Å². The van der Waals surface area contributed by atoms with Gasteiger partial charge in [0, 0.05) is 38.7 Å². The van der Waals surface area contributed by atoms with E-state index >= 15 is 0 Å². The number of benzene rings is 1. The minimum Gasteiger partial charge on any atom is -0.454 e. The fourth-order valence-corrected chi connectivity index (χ4v) is 5.20. The minimum absolute atomic E-state index is 0.0689. The van der Waals surface area contributed by atoms with Gasteiger partial charge in [0.25, 0.3) is 0 Å². The normalized spacial score (nSPS) is 21.1. The SMILES string of the molecule is C=CC[C@@H](CC(=O)NCCCC)C(=O)O[C@H]1[C@@H](OC(=O)Nc2ccccc2)[C@@H](CO)O[C@H](OC)[C@@H]1OC(=O)[C@H](CC=C)CC(=O)NCCCC. The number of nitrogens with one attached hydrogen (secondary N) is 3. The van der Waals surface area contributed by atoms with Crippen molar-refractivity contribution in [1.29, 1.82) is 0 Å². The van der Waals surface area contributed by atoms with Crippen molar-refractivity contribution in [2.45, 2.75) is 95.9 Å². The first-order valence-corrected chi connectivity index (χ1v) is 17.1. The molecule has 50 heavy (non-hydrogen) atoms. The molecule has 3 amide bonds. The van der Waals surface area contributed by atoms with Gasteiger partial charge in [-0.05, 0) is 37.8 Å². The van der Waals surface area contributed by atoms with Gasteiger partial charge in [0.05, 0.1) is 18.4 Å². The molecular formula is C36H53N3O11. The highest BCUT2D eigenvalue weighted by Gasteiger charge is 2.53. The number of aliphatic hydroxyl groups excluding tert-OH is 1. The first-order chi connectivity index (χ1) is 24.1. The summed E-state index contributed by atoms with van der Waals surface area (Å²) in [5.74, 6) is -4.43. The maximum atomic E-state index is 13.8. The second kappa shape index (κ2) is 23.2. The predicted octanol–water partition coefficient (Wildman–Crippen LogP) is 3.79. The first kappa shape index (κ1) is 41.9. The molecule has 1 heterocycles. The van der Waals surface area contributed by atoms with Crippen LogP contribution in [0.5, 0.6) is 0 Å². The summed E-state index contributed by atoms with van der Waals surface area (Å²) in [6, 6.07) is 8.39. The zero-order chi connectivity index (χ0) is 36.9. The number of hydrogen-bond donors (Lipinski definition) is 4. The van der Waals surface area contributed by atoms with Crippen LogP contribution in [0.25, 0.3) is 0 Å². The van der Waals surface area contributed by atoms with Gasteiger partial charge in [0.2, 0.25) is 11.8 Å². The van der Waals surface area contributed by atoms with Crippen LogP contribution in [0, 0.1) is 11.8 Å². The largest absolute Gasteiger partial charge is 0.454 e. The summed E-state index contributed by atoms with van der Waals surface area (Å²) in [7, 11) is 1.26. The lowest BCUT2D eigenvalue weighted by molar-refractivity contribution is -0.300. The van der Waals surface area contributed by atoms with E-state index in [1.165, 1.54) is 19.3 Å². The molecule has 1 aromatic carbocycles. The summed E-state index contributed by atoms with van der Waals surface area (Å²) in [6.45, 7) is 11.5. The van der Waals surface area contributed by atoms with Crippen molar-refractivity contribution < 1.29 is 52.8 Å². The molecule has 14 heteroatoms. The monoisotopic (exact) mass is 703 g/mol. The van der Waals surface area contributed by atoms with Crippen LogP contribution in [-0.4, -0.2) is 92.5 Å². The molecular weight excluding hydrogens is 650 g/mol. The number of carbonyl (C=O) groups is 5. The molecule has 1 aromatic rings. The molecule has 0 spiro atoms. The zero-order valence-electron chi connectivity index (χ0n) is 29.3. The zero-order valence-corrected chi connectivity index (χ0v) is 29.3. The van der Waals surface area contributed by atoms with E-state index < -0.39 is 67.2 Å². The second-order valence-electron chi connectivity index (χ2n) is 11.9. The Morgan fingerprint density at radius 1 is 0.820 bits per heavy atom. The number of ether oxygens (including phenoxy) is 5. The van der Waals surface area contributed by atoms with E-state index in [-0.39, 0.29) is 37.5 Å². The lowest BCUT2D eigenvalue weighted by atomic mass is 9.96. The number of allylic oxidation sites excluding steroid dienone is 2. The number of rotatable bonds is 22. The van der Waals surface area contributed by atoms with Crippen LogP contribution in [0.4, 0.5) is 10.5 Å². The van der Waals surface area contributed by atoms with E-state index in [0.29, 0.717) is 18.8 Å². The number of amides is 3. The molecule has 0 aliphatic carbocycles. The van der Waals surface area contributed by atoms with Crippen LogP contribution in [0.1, 0.15) is 65.2 Å². The fourth-order valence-electron chi connectivity index (χ4n) is 5.20. The molecule has 1 aliphatic rings. The molecule has 278 valence electrons. The van der Waals surface area contributed by atoms with Gasteiger partial charge in [0.1, 0.15) is 6.10 Å². The van der Waals surface area contributed by atoms with Crippen molar-refractivity contribution in [1.82, 2.24) is 10.6 Å². The Bertz CT molecular complexity index is 1240. The predicted molar refractivity (Wildman–Crippen MR) is 185 cm³/mol. The number of esters is 2. The Kier molecular flexibility index (Phi) is 19.4. The second-order valence-corrected chi connectivity index (χ2v) is 11.9. The highest BCUT2D eigenvalue weighted by atomic mass is 16.7. The molecule has 0 radical (unpaired) electrons. The maximum Gasteiger partial charge on any atom is 0.412 e. The van der Waals surface area contributed by atoms with Crippen LogP contribution in [0.2, 0.25) is 0 Å². The average molecular weight is 704 g/mol. The van der Waals surface area contributed by atoms with E-state index in [4.69, 9.17) is 23.7 Å². The standard InChI is InChI=1S/C36H53N3O11/c1-6-10-19-37-28(41)21-24(15-8-3)33(43)48-31-30(50-36(45)39-26-17-13-12-14-18-26)27(23-40)47-35(46-5)32(31)49-34(44)25(16-9-4)22-29(42)38-20-11-7-2/h8-9,12-14,17-18,24-25,27,30-32,35,40H,3-4,6-7,10-11,15-16,19-23H2,1-2,5H3,(H,37,41)(H,38,42)(H,39,45)/t24-,25+,27+,30-,31-,32+,35-/m0/s1. The van der Waals surface area contributed by atoms with Crippen molar-refractivity contribution >= 4 is 35.5 Å². The molecule has 0 saturated carbocycles. The Balaban J connectivity index is 2.46. The summed E-state index contributed by atoms with van der Waals surface area (Å²) in [5.41, 5.74) is 0.394. The van der Waals surface area contributed by atoms with Crippen LogP contribution in [-0.2, 0) is 42.9 Å². The summed E-state index contributed by atoms with van der Waals surface area (Å²) < 4.78 is 28.8. The highest BCUT2D eigenvalue weighted by molar-refractivity contribution is 5.85. The molecule has 7 atom stereocenters. The van der Waals surface area contributed by atoms with Crippen LogP contribution >= 0.6 is 0 Å². The Morgan fingerprint density at radius 2 is 1.34 bits per heavy atom. The topological polar surface area (TPSA) is 188 Å². The number of methoxy groups -OCH3 is 1. The Hall–Kier alpha value is -4.27. The minimum atomic E-state index is -1.58. The van der Waals surface area contributed by atoms with Gasteiger partial charge in [-0.3, -0.25) is 24.5 Å². The summed E-state index contributed by atoms with van der Waals surface area (Å²) in [4.78, 5) is 65.8. The van der Waals surface area contributed by atoms with Crippen LogP contribution in [0.15, 0.2) is 55.6 Å². The summed E-state index contributed by atoms with van der Waals surface area (Å²) in [6.07, 6.45) is -2.38. The van der Waals surface area contributed by atoms with E-state index in [1.54, 1.807) is 30.3 Å². The van der Waals surface area contributed by atoms with Crippen LogP contribution < -0.4 is 16.0 Å². The number of anilines is 1. The van der Waals surface area contributed by atoms with Crippen molar-refractivity contribution in [3.8, 4) is 0 Å². The number of para-hydroxylation sites is 1. The Labute approximate surface area is 294 Å². The fraction of sp³-hybridized carbons (Fsp3) is 0.583. The van der Waals surface area contributed by atoms with E-state index in [9.17, 15) is 29.1 Å². The quantitative estimate of drug-likeness (QED) is 0.0596. The molecule has 14 nitrogen and oxygen atoms in total. The number of hydrogen-bond acceptors (Lipinski definition) is 11. The molecule has 2 rings (SSSR count). The molecule has 1 saturated heterocycles. The average Bonchev–Trinajstić information content (AvgIpc) is 3.09. The van der Waals surface area contributed by atoms with Crippen molar-refractivity contribution in [3.05, 3.63) is 55.6 Å². The summed E-state index contributed by atoms with van der Waals surface area (Å²) in [5, 5.41) is 18.4. The van der Waals surface area contributed by atoms with E-state index in [1.807, 2.05) is 13.8 Å². The van der Waals surface area contributed by atoms with Gasteiger partial charge in [-0.1, -0.05) is 57.0 Å². The molecule has 1 fully saturated rings. The molecule has 0 bridgehead atoms.